The Morgan fingerprint density at radius 3 is 2.69 bits per heavy atom. The third kappa shape index (κ3) is 3.42. The molecule has 2 N–H and O–H groups in total. The van der Waals surface area contributed by atoms with Crippen LogP contribution < -0.4 is 5.32 Å². The van der Waals surface area contributed by atoms with E-state index in [1.54, 1.807) is 19.1 Å². The Kier molecular flexibility index (Phi) is 4.11. The summed E-state index contributed by atoms with van der Waals surface area (Å²) in [5.74, 6) is -0.0253. The summed E-state index contributed by atoms with van der Waals surface area (Å²) < 4.78 is 0. The summed E-state index contributed by atoms with van der Waals surface area (Å²) in [5.41, 5.74) is 2.40. The lowest BCUT2D eigenvalue weighted by Gasteiger charge is -2.04. The predicted molar refractivity (Wildman–Crippen MR) is 64.6 cm³/mol. The van der Waals surface area contributed by atoms with Gasteiger partial charge in [0, 0.05) is 12.1 Å². The largest absolute Gasteiger partial charge is 0.508 e. The average Bonchev–Trinajstić information content (AvgIpc) is 2.21. The molecule has 1 aromatic carbocycles. The summed E-state index contributed by atoms with van der Waals surface area (Å²) in [6.45, 7) is 6.25. The topological polar surface area (TPSA) is 49.3 Å². The number of amides is 1. The van der Waals surface area contributed by atoms with Crippen LogP contribution in [0.3, 0.4) is 0 Å². The highest BCUT2D eigenvalue weighted by atomic mass is 16.3. The monoisotopic (exact) mass is 219 g/mol. The molecule has 0 unspecified atom stereocenters. The average molecular weight is 219 g/mol. The van der Waals surface area contributed by atoms with Crippen LogP contribution in [-0.2, 0) is 0 Å². The number of phenols is 1. The van der Waals surface area contributed by atoms with Crippen LogP contribution in [0.4, 0.5) is 0 Å². The van der Waals surface area contributed by atoms with Crippen molar-refractivity contribution in [1.82, 2.24) is 5.32 Å². The molecule has 0 radical (unpaired) electrons. The van der Waals surface area contributed by atoms with Gasteiger partial charge in [0.15, 0.2) is 0 Å². The first kappa shape index (κ1) is 12.3. The third-order valence-electron chi connectivity index (χ3n) is 2.24. The molecule has 1 amide bonds. The van der Waals surface area contributed by atoms with Crippen LogP contribution in [0.2, 0.25) is 0 Å². The maximum atomic E-state index is 11.6. The fourth-order valence-corrected chi connectivity index (χ4v) is 1.20. The molecule has 0 aromatic heterocycles. The zero-order valence-corrected chi connectivity index (χ0v) is 9.87. The Hall–Kier alpha value is -1.77. The summed E-state index contributed by atoms with van der Waals surface area (Å²) in [5, 5.41) is 12.2. The standard InChI is InChI=1S/C13H17NO2/c1-9(2)6-7-14-13(16)11-5-4-10(3)12(15)8-11/h4-6,8,15H,7H2,1-3H3,(H,14,16). The van der Waals surface area contributed by atoms with Crippen molar-refractivity contribution in [3.63, 3.8) is 0 Å². The molecule has 0 aliphatic heterocycles. The van der Waals surface area contributed by atoms with Crippen LogP contribution in [-0.4, -0.2) is 17.6 Å². The van der Waals surface area contributed by atoms with Gasteiger partial charge in [0.25, 0.3) is 5.91 Å². The number of allylic oxidation sites excluding steroid dienone is 1. The fraction of sp³-hybridized carbons (Fsp3) is 0.308. The maximum absolute atomic E-state index is 11.6. The lowest BCUT2D eigenvalue weighted by atomic mass is 10.1. The zero-order chi connectivity index (χ0) is 12.1. The van der Waals surface area contributed by atoms with Gasteiger partial charge in [0.05, 0.1) is 0 Å². The van der Waals surface area contributed by atoms with Crippen LogP contribution in [0.15, 0.2) is 29.8 Å². The van der Waals surface area contributed by atoms with Crippen molar-refractivity contribution >= 4 is 5.91 Å². The molecule has 0 saturated heterocycles. The Labute approximate surface area is 95.8 Å². The van der Waals surface area contributed by atoms with Crippen molar-refractivity contribution in [3.8, 4) is 5.75 Å². The van der Waals surface area contributed by atoms with Gasteiger partial charge in [-0.1, -0.05) is 17.7 Å². The Morgan fingerprint density at radius 1 is 1.44 bits per heavy atom. The van der Waals surface area contributed by atoms with E-state index in [9.17, 15) is 9.90 Å². The lowest BCUT2D eigenvalue weighted by Crippen LogP contribution is -2.23. The highest BCUT2D eigenvalue weighted by Crippen LogP contribution is 2.17. The molecule has 0 heterocycles. The minimum Gasteiger partial charge on any atom is -0.508 e. The summed E-state index contributed by atoms with van der Waals surface area (Å²) in [6.07, 6.45) is 1.94. The van der Waals surface area contributed by atoms with Crippen molar-refractivity contribution in [1.29, 1.82) is 0 Å². The number of aromatic hydroxyl groups is 1. The van der Waals surface area contributed by atoms with Crippen LogP contribution in [0.5, 0.6) is 5.75 Å². The normalized spacial score (nSPS) is 9.69. The molecule has 3 nitrogen and oxygen atoms in total. The van der Waals surface area contributed by atoms with Crippen molar-refractivity contribution in [2.75, 3.05) is 6.54 Å². The second kappa shape index (κ2) is 5.35. The molecule has 3 heteroatoms. The van der Waals surface area contributed by atoms with Gasteiger partial charge >= 0.3 is 0 Å². The first-order chi connectivity index (χ1) is 7.50. The fourth-order valence-electron chi connectivity index (χ4n) is 1.20. The quantitative estimate of drug-likeness (QED) is 0.767. The summed E-state index contributed by atoms with van der Waals surface area (Å²) >= 11 is 0. The highest BCUT2D eigenvalue weighted by molar-refractivity contribution is 5.94. The van der Waals surface area contributed by atoms with E-state index in [1.165, 1.54) is 6.07 Å². The van der Waals surface area contributed by atoms with Crippen molar-refractivity contribution in [2.24, 2.45) is 0 Å². The van der Waals surface area contributed by atoms with Crippen LogP contribution >= 0.6 is 0 Å². The van der Waals surface area contributed by atoms with Gasteiger partial charge in [-0.25, -0.2) is 0 Å². The SMILES string of the molecule is CC(C)=CCNC(=O)c1ccc(C)c(O)c1. The molecular weight excluding hydrogens is 202 g/mol. The molecule has 0 spiro atoms. The lowest BCUT2D eigenvalue weighted by molar-refractivity contribution is 0.0957. The van der Waals surface area contributed by atoms with E-state index >= 15 is 0 Å². The van der Waals surface area contributed by atoms with Crippen LogP contribution in [0.1, 0.15) is 29.8 Å². The number of nitrogens with one attached hydrogen (secondary N) is 1. The first-order valence-electron chi connectivity index (χ1n) is 5.22. The van der Waals surface area contributed by atoms with E-state index < -0.39 is 0 Å². The van der Waals surface area contributed by atoms with Crippen LogP contribution in [0.25, 0.3) is 0 Å². The maximum Gasteiger partial charge on any atom is 0.251 e. The van der Waals surface area contributed by atoms with E-state index in [1.807, 2.05) is 19.9 Å². The summed E-state index contributed by atoms with van der Waals surface area (Å²) in [4.78, 5) is 11.6. The van der Waals surface area contributed by atoms with Gasteiger partial charge in [0.2, 0.25) is 0 Å². The summed E-state index contributed by atoms with van der Waals surface area (Å²) in [6, 6.07) is 4.91. The minimum absolute atomic E-state index is 0.148. The van der Waals surface area contributed by atoms with E-state index in [2.05, 4.69) is 5.32 Å². The van der Waals surface area contributed by atoms with E-state index in [0.717, 1.165) is 11.1 Å². The van der Waals surface area contributed by atoms with Gasteiger partial charge < -0.3 is 10.4 Å². The number of hydrogen-bond acceptors (Lipinski definition) is 2. The molecule has 0 aliphatic carbocycles. The van der Waals surface area contributed by atoms with Crippen LogP contribution in [0, 0.1) is 6.92 Å². The van der Waals surface area contributed by atoms with Gasteiger partial charge in [-0.2, -0.15) is 0 Å². The van der Waals surface area contributed by atoms with Gasteiger partial charge in [0.1, 0.15) is 5.75 Å². The van der Waals surface area contributed by atoms with E-state index in [-0.39, 0.29) is 11.7 Å². The summed E-state index contributed by atoms with van der Waals surface area (Å²) in [7, 11) is 0. The second-order valence-electron chi connectivity index (χ2n) is 3.99. The Bertz CT molecular complexity index is 418. The second-order valence-corrected chi connectivity index (χ2v) is 3.99. The van der Waals surface area contributed by atoms with E-state index in [0.29, 0.717) is 12.1 Å². The van der Waals surface area contributed by atoms with Crippen molar-refractivity contribution in [2.45, 2.75) is 20.8 Å². The molecular formula is C13H17NO2. The molecule has 0 aliphatic rings. The Balaban J connectivity index is 2.66. The number of hydrogen-bond donors (Lipinski definition) is 2. The molecule has 0 bridgehead atoms. The number of carbonyl (C=O) groups excluding carboxylic acids is 1. The smallest absolute Gasteiger partial charge is 0.251 e. The first-order valence-corrected chi connectivity index (χ1v) is 5.22. The van der Waals surface area contributed by atoms with Gasteiger partial charge in [-0.05, 0) is 38.5 Å². The Morgan fingerprint density at radius 2 is 2.12 bits per heavy atom. The molecule has 0 atom stereocenters. The molecule has 0 saturated carbocycles. The molecule has 16 heavy (non-hydrogen) atoms. The number of aryl methyl sites for hydroxylation is 1. The molecule has 1 aromatic rings. The molecule has 0 fully saturated rings. The minimum atomic E-state index is -0.173. The molecule has 86 valence electrons. The molecule has 1 rings (SSSR count). The predicted octanol–water partition coefficient (Wildman–Crippen LogP) is 2.40. The number of carbonyl (C=O) groups is 1. The number of benzene rings is 1. The number of phenolic OH excluding ortho intramolecular Hbond substituents is 1. The van der Waals surface area contributed by atoms with E-state index in [4.69, 9.17) is 0 Å². The zero-order valence-electron chi connectivity index (χ0n) is 9.87. The van der Waals surface area contributed by atoms with Crippen molar-refractivity contribution < 1.29 is 9.90 Å². The highest BCUT2D eigenvalue weighted by Gasteiger charge is 2.05. The van der Waals surface area contributed by atoms with Gasteiger partial charge in [-0.15, -0.1) is 0 Å². The van der Waals surface area contributed by atoms with Crippen molar-refractivity contribution in [3.05, 3.63) is 41.0 Å². The third-order valence-corrected chi connectivity index (χ3v) is 2.24. The number of rotatable bonds is 3. The van der Waals surface area contributed by atoms with Gasteiger partial charge in [-0.3, -0.25) is 4.79 Å².